The lowest BCUT2D eigenvalue weighted by Gasteiger charge is -2.24. The van der Waals surface area contributed by atoms with Crippen LogP contribution in [-0.4, -0.2) is 46.9 Å². The summed E-state index contributed by atoms with van der Waals surface area (Å²) in [6, 6.07) is -0.714. The first-order valence-electron chi connectivity index (χ1n) is 23.6. The molecule has 0 aromatic rings. The van der Waals surface area contributed by atoms with Gasteiger partial charge in [-0.1, -0.05) is 229 Å². The third kappa shape index (κ3) is 38.4. The molecular formula is C50H89NO5. The lowest BCUT2D eigenvalue weighted by atomic mass is 10.0. The molecule has 0 aromatic heterocycles. The second-order valence-corrected chi connectivity index (χ2v) is 15.9. The lowest BCUT2D eigenvalue weighted by Crippen LogP contribution is -2.46. The van der Waals surface area contributed by atoms with E-state index in [-0.39, 0.29) is 24.9 Å². The minimum atomic E-state index is -0.798. The van der Waals surface area contributed by atoms with E-state index in [9.17, 15) is 19.8 Å². The van der Waals surface area contributed by atoms with Crippen molar-refractivity contribution in [1.82, 2.24) is 5.32 Å². The van der Waals surface area contributed by atoms with Gasteiger partial charge in [0.15, 0.2) is 0 Å². The molecule has 0 radical (unpaired) electrons. The molecule has 0 heterocycles. The number of unbranched alkanes of at least 4 members (excludes halogenated alkanes) is 23. The fourth-order valence-electron chi connectivity index (χ4n) is 6.93. The monoisotopic (exact) mass is 784 g/mol. The number of nitrogens with one attached hydrogen (secondary N) is 1. The average molecular weight is 784 g/mol. The number of rotatable bonds is 41. The van der Waals surface area contributed by atoms with E-state index in [0.29, 0.717) is 25.7 Å². The van der Waals surface area contributed by atoms with Crippen LogP contribution < -0.4 is 5.32 Å². The normalized spacial score (nSPS) is 13.9. The Hall–Kier alpha value is -2.44. The van der Waals surface area contributed by atoms with Crippen molar-refractivity contribution in [2.75, 3.05) is 6.61 Å². The van der Waals surface area contributed by atoms with Gasteiger partial charge in [0, 0.05) is 6.42 Å². The Labute approximate surface area is 346 Å². The van der Waals surface area contributed by atoms with Gasteiger partial charge in [0.05, 0.1) is 25.2 Å². The number of hydrogen-bond acceptors (Lipinski definition) is 5. The van der Waals surface area contributed by atoms with Gasteiger partial charge < -0.3 is 20.3 Å². The minimum Gasteiger partial charge on any atom is -0.462 e. The van der Waals surface area contributed by atoms with Crippen LogP contribution >= 0.6 is 0 Å². The van der Waals surface area contributed by atoms with Crippen LogP contribution in [0, 0.1) is 0 Å². The second kappa shape index (κ2) is 43.7. The van der Waals surface area contributed by atoms with Crippen molar-refractivity contribution in [1.29, 1.82) is 0 Å². The SMILES string of the molecule is CC/C=C/C=C/C=C\C=C/C=C/CCCC(=O)OC(CCCCCCCCCCCCCC)CC(=O)NC(CO)C(O)CCCCCCCCCCCCCC. The van der Waals surface area contributed by atoms with E-state index in [1.54, 1.807) is 0 Å². The highest BCUT2D eigenvalue weighted by Gasteiger charge is 2.24. The summed E-state index contributed by atoms with van der Waals surface area (Å²) in [5, 5.41) is 23.7. The van der Waals surface area contributed by atoms with Gasteiger partial charge in [-0.05, 0) is 38.5 Å². The van der Waals surface area contributed by atoms with Gasteiger partial charge >= 0.3 is 5.97 Å². The first-order chi connectivity index (χ1) is 27.5. The number of carbonyl (C=O) groups excluding carboxylic acids is 2. The van der Waals surface area contributed by atoms with Gasteiger partial charge in [0.2, 0.25) is 5.91 Å². The molecule has 324 valence electrons. The van der Waals surface area contributed by atoms with Crippen LogP contribution in [0.25, 0.3) is 0 Å². The fraction of sp³-hybridized carbons (Fsp3) is 0.760. The van der Waals surface area contributed by atoms with Gasteiger partial charge in [0.25, 0.3) is 0 Å². The van der Waals surface area contributed by atoms with Crippen molar-refractivity contribution < 1.29 is 24.5 Å². The molecule has 0 aromatic carbocycles. The fourth-order valence-corrected chi connectivity index (χ4v) is 6.93. The van der Waals surface area contributed by atoms with E-state index in [1.807, 2.05) is 54.7 Å². The van der Waals surface area contributed by atoms with Crippen LogP contribution in [-0.2, 0) is 14.3 Å². The number of hydrogen-bond donors (Lipinski definition) is 3. The summed E-state index contributed by atoms with van der Waals surface area (Å²) in [7, 11) is 0. The van der Waals surface area contributed by atoms with Gasteiger partial charge in [-0.3, -0.25) is 9.59 Å². The summed E-state index contributed by atoms with van der Waals surface area (Å²) < 4.78 is 5.87. The highest BCUT2D eigenvalue weighted by Crippen LogP contribution is 2.17. The number of aliphatic hydroxyl groups excluding tert-OH is 2. The molecule has 3 N–H and O–H groups in total. The third-order valence-electron chi connectivity index (χ3n) is 10.5. The molecule has 3 atom stereocenters. The standard InChI is InChI=1S/C50H89NO5/c1-4-7-10-13-16-19-22-25-28-31-34-37-40-43-50(55)56-46(41-38-35-32-29-26-23-20-17-14-11-8-5-2)44-49(54)51-47(45-52)48(53)42-39-36-33-30-27-24-21-18-15-12-9-6-3/h7,10,13,16,19,22,25,28,31,34,46-48,52-53H,4-6,8-9,11-12,14-15,17-18,20-21,23-24,26-27,29-30,32-33,35-45H2,1-3H3,(H,51,54)/b10-7+,16-13+,22-19-,28-25-,34-31+. The zero-order valence-corrected chi connectivity index (χ0v) is 36.8. The summed E-state index contributed by atoms with van der Waals surface area (Å²) >= 11 is 0. The van der Waals surface area contributed by atoms with Crippen LogP contribution in [0.1, 0.15) is 220 Å². The molecule has 0 fully saturated rings. The average Bonchev–Trinajstić information content (AvgIpc) is 3.19. The first-order valence-corrected chi connectivity index (χ1v) is 23.6. The molecular weight excluding hydrogens is 695 g/mol. The molecule has 6 nitrogen and oxygen atoms in total. The molecule has 6 heteroatoms. The zero-order chi connectivity index (χ0) is 41.0. The number of esters is 1. The second-order valence-electron chi connectivity index (χ2n) is 15.9. The molecule has 0 saturated heterocycles. The summed E-state index contributed by atoms with van der Waals surface area (Å²) in [6.45, 7) is 6.31. The van der Waals surface area contributed by atoms with E-state index in [0.717, 1.165) is 51.4 Å². The van der Waals surface area contributed by atoms with E-state index >= 15 is 0 Å². The van der Waals surface area contributed by atoms with Crippen molar-refractivity contribution in [3.63, 3.8) is 0 Å². The maximum absolute atomic E-state index is 13.1. The smallest absolute Gasteiger partial charge is 0.306 e. The predicted octanol–water partition coefficient (Wildman–Crippen LogP) is 13.7. The summed E-state index contributed by atoms with van der Waals surface area (Å²) in [5.41, 5.74) is 0. The molecule has 0 aliphatic heterocycles. The van der Waals surface area contributed by atoms with Crippen molar-refractivity contribution in [2.45, 2.75) is 238 Å². The topological polar surface area (TPSA) is 95.9 Å². The molecule has 0 aliphatic rings. The maximum Gasteiger partial charge on any atom is 0.306 e. The summed E-state index contributed by atoms with van der Waals surface area (Å²) in [5.74, 6) is -0.561. The Morgan fingerprint density at radius 3 is 1.39 bits per heavy atom. The van der Waals surface area contributed by atoms with Gasteiger partial charge in [-0.25, -0.2) is 0 Å². The molecule has 56 heavy (non-hydrogen) atoms. The van der Waals surface area contributed by atoms with Crippen molar-refractivity contribution in [3.05, 3.63) is 60.8 Å². The maximum atomic E-state index is 13.1. The van der Waals surface area contributed by atoms with Crippen LogP contribution in [0.2, 0.25) is 0 Å². The molecule has 0 saturated carbocycles. The quantitative estimate of drug-likeness (QED) is 0.0326. The number of carbonyl (C=O) groups is 2. The molecule has 0 bridgehead atoms. The van der Waals surface area contributed by atoms with E-state index < -0.39 is 18.2 Å². The minimum absolute atomic E-state index is 0.0495. The molecule has 3 unspecified atom stereocenters. The van der Waals surface area contributed by atoms with Gasteiger partial charge in [0.1, 0.15) is 6.10 Å². The highest BCUT2D eigenvalue weighted by atomic mass is 16.5. The Balaban J connectivity index is 4.69. The molecule has 0 aliphatic carbocycles. The van der Waals surface area contributed by atoms with Crippen LogP contribution in [0.15, 0.2) is 60.8 Å². The predicted molar refractivity (Wildman–Crippen MR) is 241 cm³/mol. The highest BCUT2D eigenvalue weighted by molar-refractivity contribution is 5.77. The lowest BCUT2D eigenvalue weighted by molar-refractivity contribution is -0.151. The Morgan fingerprint density at radius 1 is 0.536 bits per heavy atom. The van der Waals surface area contributed by atoms with Gasteiger partial charge in [-0.15, -0.1) is 0 Å². The number of aliphatic hydroxyl groups is 2. The van der Waals surface area contributed by atoms with Crippen molar-refractivity contribution in [2.24, 2.45) is 0 Å². The largest absolute Gasteiger partial charge is 0.462 e. The van der Waals surface area contributed by atoms with Crippen LogP contribution in [0.4, 0.5) is 0 Å². The zero-order valence-electron chi connectivity index (χ0n) is 36.8. The van der Waals surface area contributed by atoms with E-state index in [1.165, 1.54) is 116 Å². The number of allylic oxidation sites excluding steroid dienone is 10. The Kier molecular flexibility index (Phi) is 41.8. The first kappa shape index (κ1) is 53.6. The van der Waals surface area contributed by atoms with E-state index in [4.69, 9.17) is 4.74 Å². The van der Waals surface area contributed by atoms with E-state index in [2.05, 4.69) is 32.2 Å². The summed E-state index contributed by atoms with van der Waals surface area (Å²) in [6.07, 6.45) is 52.8. The third-order valence-corrected chi connectivity index (χ3v) is 10.5. The Morgan fingerprint density at radius 2 is 0.946 bits per heavy atom. The summed E-state index contributed by atoms with van der Waals surface area (Å²) in [4.78, 5) is 26.0. The number of ether oxygens (including phenoxy) is 1. The van der Waals surface area contributed by atoms with Crippen LogP contribution in [0.3, 0.4) is 0 Å². The van der Waals surface area contributed by atoms with Crippen LogP contribution in [0.5, 0.6) is 0 Å². The molecule has 0 rings (SSSR count). The van der Waals surface area contributed by atoms with Gasteiger partial charge in [-0.2, -0.15) is 0 Å². The molecule has 1 amide bonds. The van der Waals surface area contributed by atoms with Crippen molar-refractivity contribution >= 4 is 11.9 Å². The molecule has 0 spiro atoms. The Bertz CT molecular complexity index is 1010. The number of amides is 1. The van der Waals surface area contributed by atoms with Crippen molar-refractivity contribution in [3.8, 4) is 0 Å².